The molecule has 0 saturated heterocycles. The van der Waals surface area contributed by atoms with Gasteiger partial charge in [0.05, 0.1) is 5.56 Å². The van der Waals surface area contributed by atoms with Gasteiger partial charge in [0.25, 0.3) is 5.91 Å². The number of esters is 1. The third-order valence-electron chi connectivity index (χ3n) is 3.42. The Kier molecular flexibility index (Phi) is 7.01. The minimum Gasteiger partial charge on any atom is -0.452 e. The van der Waals surface area contributed by atoms with Gasteiger partial charge in [-0.1, -0.05) is 54.6 Å². The summed E-state index contributed by atoms with van der Waals surface area (Å²) in [5, 5.41) is 4.35. The monoisotopic (exact) mass is 366 g/mol. The fraction of sp³-hybridized carbons (Fsp3) is 0.100. The van der Waals surface area contributed by atoms with E-state index >= 15 is 0 Å². The lowest BCUT2D eigenvalue weighted by Crippen LogP contribution is -2.41. The van der Waals surface area contributed by atoms with E-state index in [-0.39, 0.29) is 23.5 Å². The fourth-order valence-corrected chi connectivity index (χ4v) is 2.18. The zero-order valence-corrected chi connectivity index (χ0v) is 14.4. The summed E-state index contributed by atoms with van der Waals surface area (Å²) in [6.07, 6.45) is 1.45. The van der Waals surface area contributed by atoms with E-state index in [1.807, 2.05) is 5.32 Å². The Balaban J connectivity index is 2.03. The zero-order chi connectivity index (χ0) is 19.6. The van der Waals surface area contributed by atoms with Gasteiger partial charge in [0.1, 0.15) is 0 Å². The molecule has 0 heterocycles. The summed E-state index contributed by atoms with van der Waals surface area (Å²) >= 11 is 0. The third kappa shape index (κ3) is 5.64. The Bertz CT molecular complexity index is 862. The average molecular weight is 366 g/mol. The fourth-order valence-electron chi connectivity index (χ4n) is 2.18. The van der Waals surface area contributed by atoms with Crippen molar-refractivity contribution in [1.82, 2.24) is 10.6 Å². The van der Waals surface area contributed by atoms with Gasteiger partial charge in [0.2, 0.25) is 0 Å². The summed E-state index contributed by atoms with van der Waals surface area (Å²) in [7, 11) is 0. The number of nitrogens with one attached hydrogen (secondary N) is 2. The Labute approximate surface area is 156 Å². The minimum absolute atomic E-state index is 0.0373. The van der Waals surface area contributed by atoms with Crippen LogP contribution in [0, 0.1) is 0 Å². The number of imide groups is 1. The normalized spacial score (nSPS) is 9.78. The SMILES string of the molecule is C=CCNC(=O)NC(=O)COC(=O)c1ccccc1C(=O)c1ccccc1. The van der Waals surface area contributed by atoms with Gasteiger partial charge in [-0.25, -0.2) is 9.59 Å². The first-order valence-corrected chi connectivity index (χ1v) is 8.07. The molecule has 0 atom stereocenters. The predicted octanol–water partition coefficient (Wildman–Crippen LogP) is 2.09. The molecule has 27 heavy (non-hydrogen) atoms. The van der Waals surface area contributed by atoms with E-state index in [0.717, 1.165) is 0 Å². The highest BCUT2D eigenvalue weighted by Gasteiger charge is 2.20. The number of amides is 3. The molecule has 0 aliphatic carbocycles. The molecule has 0 aliphatic rings. The smallest absolute Gasteiger partial charge is 0.339 e. The maximum absolute atomic E-state index is 12.6. The molecule has 7 heteroatoms. The first-order valence-electron chi connectivity index (χ1n) is 8.07. The van der Waals surface area contributed by atoms with E-state index in [1.165, 1.54) is 18.2 Å². The van der Waals surface area contributed by atoms with Gasteiger partial charge in [-0.3, -0.25) is 14.9 Å². The van der Waals surface area contributed by atoms with Crippen molar-refractivity contribution in [2.75, 3.05) is 13.2 Å². The van der Waals surface area contributed by atoms with Crippen molar-refractivity contribution < 1.29 is 23.9 Å². The van der Waals surface area contributed by atoms with Gasteiger partial charge in [-0.05, 0) is 6.07 Å². The van der Waals surface area contributed by atoms with Crippen LogP contribution in [0.2, 0.25) is 0 Å². The first kappa shape index (κ1) is 19.6. The summed E-state index contributed by atoms with van der Waals surface area (Å²) in [6.45, 7) is 2.95. The van der Waals surface area contributed by atoms with Crippen molar-refractivity contribution >= 4 is 23.7 Å². The van der Waals surface area contributed by atoms with Gasteiger partial charge in [-0.2, -0.15) is 0 Å². The van der Waals surface area contributed by atoms with Gasteiger partial charge in [-0.15, -0.1) is 6.58 Å². The van der Waals surface area contributed by atoms with Crippen LogP contribution in [0.4, 0.5) is 4.79 Å². The van der Waals surface area contributed by atoms with Crippen LogP contribution in [0.25, 0.3) is 0 Å². The molecule has 0 radical (unpaired) electrons. The second-order valence-corrected chi connectivity index (χ2v) is 5.36. The van der Waals surface area contributed by atoms with Crippen molar-refractivity contribution in [3.8, 4) is 0 Å². The average Bonchev–Trinajstić information content (AvgIpc) is 2.70. The van der Waals surface area contributed by atoms with Crippen LogP contribution in [0.15, 0.2) is 67.3 Å². The Morgan fingerprint density at radius 3 is 2.22 bits per heavy atom. The predicted molar refractivity (Wildman–Crippen MR) is 98.3 cm³/mol. The molecule has 0 saturated carbocycles. The number of ketones is 1. The third-order valence-corrected chi connectivity index (χ3v) is 3.42. The highest BCUT2D eigenvalue weighted by molar-refractivity contribution is 6.14. The van der Waals surface area contributed by atoms with Crippen LogP contribution in [0.3, 0.4) is 0 Å². The van der Waals surface area contributed by atoms with E-state index in [0.29, 0.717) is 5.56 Å². The molecule has 0 aromatic heterocycles. The Morgan fingerprint density at radius 2 is 1.56 bits per heavy atom. The molecule has 2 rings (SSSR count). The summed E-state index contributed by atoms with van der Waals surface area (Å²) < 4.78 is 4.92. The number of carbonyl (C=O) groups is 4. The largest absolute Gasteiger partial charge is 0.452 e. The van der Waals surface area contributed by atoms with E-state index in [4.69, 9.17) is 4.74 Å². The van der Waals surface area contributed by atoms with Gasteiger partial charge < -0.3 is 10.1 Å². The lowest BCUT2D eigenvalue weighted by atomic mass is 9.98. The maximum atomic E-state index is 12.6. The number of urea groups is 1. The van der Waals surface area contributed by atoms with Crippen LogP contribution >= 0.6 is 0 Å². The van der Waals surface area contributed by atoms with Gasteiger partial charge in [0.15, 0.2) is 12.4 Å². The summed E-state index contributed by atoms with van der Waals surface area (Å²) in [6, 6.07) is 13.9. The van der Waals surface area contributed by atoms with E-state index < -0.39 is 24.5 Å². The van der Waals surface area contributed by atoms with Crippen LogP contribution in [-0.4, -0.2) is 36.8 Å². The molecule has 2 N–H and O–H groups in total. The molecule has 0 spiro atoms. The number of hydrogen-bond acceptors (Lipinski definition) is 5. The topological polar surface area (TPSA) is 102 Å². The standard InChI is InChI=1S/C20H18N2O5/c1-2-12-21-20(26)22-17(23)13-27-19(25)16-11-7-6-10-15(16)18(24)14-8-4-3-5-9-14/h2-11H,1,12-13H2,(H2,21,22,23,26). The maximum Gasteiger partial charge on any atom is 0.339 e. The summed E-state index contributed by atoms with van der Waals surface area (Å²) in [5.74, 6) is -1.97. The van der Waals surface area contributed by atoms with Gasteiger partial charge in [0, 0.05) is 17.7 Å². The number of ether oxygens (including phenoxy) is 1. The van der Waals surface area contributed by atoms with E-state index in [9.17, 15) is 19.2 Å². The second kappa shape index (κ2) is 9.67. The van der Waals surface area contributed by atoms with Crippen molar-refractivity contribution in [2.24, 2.45) is 0 Å². The summed E-state index contributed by atoms with van der Waals surface area (Å²) in [4.78, 5) is 47.9. The molecule has 2 aromatic rings. The van der Waals surface area contributed by atoms with Crippen LogP contribution in [0.1, 0.15) is 26.3 Å². The zero-order valence-electron chi connectivity index (χ0n) is 14.4. The first-order chi connectivity index (χ1) is 13.0. The summed E-state index contributed by atoms with van der Waals surface area (Å²) in [5.41, 5.74) is 0.627. The van der Waals surface area contributed by atoms with E-state index in [2.05, 4.69) is 11.9 Å². The van der Waals surface area contributed by atoms with E-state index in [1.54, 1.807) is 42.5 Å². The number of rotatable bonds is 7. The molecule has 7 nitrogen and oxygen atoms in total. The van der Waals surface area contributed by atoms with Crippen LogP contribution in [0.5, 0.6) is 0 Å². The molecule has 2 aromatic carbocycles. The minimum atomic E-state index is -0.837. The lowest BCUT2D eigenvalue weighted by molar-refractivity contribution is -0.123. The Morgan fingerprint density at radius 1 is 0.926 bits per heavy atom. The van der Waals surface area contributed by atoms with Crippen molar-refractivity contribution in [2.45, 2.75) is 0 Å². The van der Waals surface area contributed by atoms with Crippen LogP contribution < -0.4 is 10.6 Å². The highest BCUT2D eigenvalue weighted by Crippen LogP contribution is 2.15. The quantitative estimate of drug-likeness (QED) is 0.444. The molecular weight excluding hydrogens is 348 g/mol. The number of carbonyl (C=O) groups excluding carboxylic acids is 4. The molecule has 0 aliphatic heterocycles. The molecular formula is C20H18N2O5. The van der Waals surface area contributed by atoms with Crippen molar-refractivity contribution in [3.63, 3.8) is 0 Å². The highest BCUT2D eigenvalue weighted by atomic mass is 16.5. The molecule has 0 unspecified atom stereocenters. The number of hydrogen-bond donors (Lipinski definition) is 2. The van der Waals surface area contributed by atoms with Crippen molar-refractivity contribution in [1.29, 1.82) is 0 Å². The molecule has 3 amide bonds. The second-order valence-electron chi connectivity index (χ2n) is 5.36. The lowest BCUT2D eigenvalue weighted by Gasteiger charge is -2.09. The van der Waals surface area contributed by atoms with Crippen molar-refractivity contribution in [3.05, 3.63) is 83.9 Å². The van der Waals surface area contributed by atoms with Crippen LogP contribution in [-0.2, 0) is 9.53 Å². The van der Waals surface area contributed by atoms with Gasteiger partial charge >= 0.3 is 12.0 Å². The Hall–Kier alpha value is -3.74. The molecule has 138 valence electrons. The number of benzene rings is 2. The molecule has 0 bridgehead atoms. The molecule has 0 fully saturated rings.